The summed E-state index contributed by atoms with van der Waals surface area (Å²) in [5, 5.41) is 3.00. The molecule has 0 saturated carbocycles. The second kappa shape index (κ2) is 10.4. The standard InChI is InChI=1S/C21H33N3O3S/c25-21(22-13-6-16-23-14-2-1-3-15-23)12-9-19-7-10-20(11-8-19)28(26,27)24-17-4-5-18-24/h7-8,10-11H,1-6,9,12-18H2,(H,22,25). The average Bonchev–Trinajstić information content (AvgIpc) is 3.27. The molecule has 2 saturated heterocycles. The molecular formula is C21H33N3O3S. The lowest BCUT2D eigenvalue weighted by molar-refractivity contribution is -0.121. The van der Waals surface area contributed by atoms with Crippen LogP contribution in [0.3, 0.4) is 0 Å². The van der Waals surface area contributed by atoms with Crippen LogP contribution in [0.25, 0.3) is 0 Å². The van der Waals surface area contributed by atoms with E-state index in [2.05, 4.69) is 10.2 Å². The van der Waals surface area contributed by atoms with E-state index in [1.165, 1.54) is 32.4 Å². The Morgan fingerprint density at radius 3 is 2.25 bits per heavy atom. The van der Waals surface area contributed by atoms with E-state index in [0.717, 1.165) is 37.9 Å². The zero-order valence-electron chi connectivity index (χ0n) is 16.7. The Kier molecular flexibility index (Phi) is 7.88. The number of benzene rings is 1. The van der Waals surface area contributed by atoms with Crippen molar-refractivity contribution in [1.29, 1.82) is 0 Å². The van der Waals surface area contributed by atoms with Gasteiger partial charge in [-0.25, -0.2) is 8.42 Å². The summed E-state index contributed by atoms with van der Waals surface area (Å²) in [5.41, 5.74) is 0.990. The SMILES string of the molecule is O=C(CCc1ccc(S(=O)(=O)N2CCCC2)cc1)NCCCN1CCCCC1. The maximum absolute atomic E-state index is 12.5. The summed E-state index contributed by atoms with van der Waals surface area (Å²) in [6.45, 7) is 5.40. The van der Waals surface area contributed by atoms with Gasteiger partial charge in [-0.1, -0.05) is 18.6 Å². The summed E-state index contributed by atoms with van der Waals surface area (Å²) in [6.07, 6.45) is 7.86. The van der Waals surface area contributed by atoms with Crippen molar-refractivity contribution < 1.29 is 13.2 Å². The van der Waals surface area contributed by atoms with Gasteiger partial charge in [-0.3, -0.25) is 4.79 Å². The first kappa shape index (κ1) is 21.3. The Balaban J connectivity index is 1.36. The van der Waals surface area contributed by atoms with Gasteiger partial charge in [-0.05, 0) is 75.9 Å². The van der Waals surface area contributed by atoms with Crippen molar-refractivity contribution >= 4 is 15.9 Å². The number of aryl methyl sites for hydroxylation is 1. The molecule has 0 bridgehead atoms. The molecule has 3 rings (SSSR count). The normalized spacial score (nSPS) is 19.0. The van der Waals surface area contributed by atoms with Gasteiger partial charge in [0.2, 0.25) is 15.9 Å². The van der Waals surface area contributed by atoms with Crippen molar-refractivity contribution in [3.8, 4) is 0 Å². The third-order valence-corrected chi connectivity index (χ3v) is 7.60. The lowest BCUT2D eigenvalue weighted by atomic mass is 10.1. The van der Waals surface area contributed by atoms with Crippen molar-refractivity contribution in [3.05, 3.63) is 29.8 Å². The summed E-state index contributed by atoms with van der Waals surface area (Å²) in [7, 11) is -3.36. The Morgan fingerprint density at radius 2 is 1.57 bits per heavy atom. The van der Waals surface area contributed by atoms with E-state index < -0.39 is 10.0 Å². The number of nitrogens with one attached hydrogen (secondary N) is 1. The zero-order chi connectivity index (χ0) is 19.8. The molecule has 6 nitrogen and oxygen atoms in total. The minimum atomic E-state index is -3.36. The van der Waals surface area contributed by atoms with Crippen molar-refractivity contribution in [1.82, 2.24) is 14.5 Å². The number of piperidine rings is 1. The number of rotatable bonds is 9. The van der Waals surface area contributed by atoms with Gasteiger partial charge in [0, 0.05) is 26.1 Å². The molecule has 0 aromatic heterocycles. The van der Waals surface area contributed by atoms with Gasteiger partial charge in [-0.2, -0.15) is 4.31 Å². The third-order valence-electron chi connectivity index (χ3n) is 5.69. The fourth-order valence-electron chi connectivity index (χ4n) is 3.97. The molecule has 7 heteroatoms. The minimum absolute atomic E-state index is 0.0624. The smallest absolute Gasteiger partial charge is 0.243 e. The van der Waals surface area contributed by atoms with Crippen molar-refractivity contribution in [2.45, 2.75) is 56.3 Å². The number of sulfonamides is 1. The van der Waals surface area contributed by atoms with Gasteiger partial charge in [0.15, 0.2) is 0 Å². The first-order valence-electron chi connectivity index (χ1n) is 10.6. The third kappa shape index (κ3) is 6.03. The molecule has 0 atom stereocenters. The van der Waals surface area contributed by atoms with Crippen molar-refractivity contribution in [3.63, 3.8) is 0 Å². The Labute approximate surface area is 169 Å². The molecule has 1 aromatic carbocycles. The zero-order valence-corrected chi connectivity index (χ0v) is 17.6. The van der Waals surface area contributed by atoms with Crippen LogP contribution in [0.1, 0.15) is 50.5 Å². The van der Waals surface area contributed by atoms with Crippen LogP contribution in [-0.4, -0.2) is 62.8 Å². The Morgan fingerprint density at radius 1 is 0.929 bits per heavy atom. The number of hydrogen-bond acceptors (Lipinski definition) is 4. The molecule has 2 aliphatic rings. The largest absolute Gasteiger partial charge is 0.356 e. The van der Waals surface area contributed by atoms with Crippen LogP contribution < -0.4 is 5.32 Å². The maximum atomic E-state index is 12.5. The molecule has 1 amide bonds. The molecule has 0 aliphatic carbocycles. The highest BCUT2D eigenvalue weighted by Gasteiger charge is 2.26. The van der Waals surface area contributed by atoms with E-state index in [1.54, 1.807) is 16.4 Å². The van der Waals surface area contributed by atoms with Gasteiger partial charge in [0.25, 0.3) is 0 Å². The first-order valence-corrected chi connectivity index (χ1v) is 12.1. The molecule has 0 radical (unpaired) electrons. The highest BCUT2D eigenvalue weighted by Crippen LogP contribution is 2.21. The second-order valence-electron chi connectivity index (χ2n) is 7.86. The number of amides is 1. The molecule has 0 unspecified atom stereocenters. The van der Waals surface area contributed by atoms with Crippen LogP contribution in [0.15, 0.2) is 29.2 Å². The molecular weight excluding hydrogens is 374 g/mol. The van der Waals surface area contributed by atoms with Crippen LogP contribution in [0.4, 0.5) is 0 Å². The summed E-state index contributed by atoms with van der Waals surface area (Å²) < 4.78 is 26.6. The van der Waals surface area contributed by atoms with E-state index in [-0.39, 0.29) is 5.91 Å². The topological polar surface area (TPSA) is 69.7 Å². The quantitative estimate of drug-likeness (QED) is 0.638. The van der Waals surface area contributed by atoms with E-state index >= 15 is 0 Å². The van der Waals surface area contributed by atoms with Crippen LogP contribution in [0.5, 0.6) is 0 Å². The number of nitrogens with zero attached hydrogens (tertiary/aromatic N) is 2. The van der Waals surface area contributed by atoms with Gasteiger partial charge >= 0.3 is 0 Å². The molecule has 2 fully saturated rings. The van der Waals surface area contributed by atoms with E-state index in [4.69, 9.17) is 0 Å². The Bertz CT molecular complexity index is 722. The van der Waals surface area contributed by atoms with Gasteiger partial charge in [0.1, 0.15) is 0 Å². The predicted octanol–water partition coefficient (Wildman–Crippen LogP) is 2.40. The van der Waals surface area contributed by atoms with Crippen LogP contribution in [0.2, 0.25) is 0 Å². The summed E-state index contributed by atoms with van der Waals surface area (Å²) >= 11 is 0. The monoisotopic (exact) mass is 407 g/mol. The van der Waals surface area contributed by atoms with Crippen LogP contribution >= 0.6 is 0 Å². The van der Waals surface area contributed by atoms with Crippen molar-refractivity contribution in [2.75, 3.05) is 39.3 Å². The molecule has 1 aromatic rings. The molecule has 156 valence electrons. The summed E-state index contributed by atoms with van der Waals surface area (Å²) in [6, 6.07) is 6.98. The predicted molar refractivity (Wildman–Crippen MR) is 111 cm³/mol. The second-order valence-corrected chi connectivity index (χ2v) is 9.80. The van der Waals surface area contributed by atoms with Crippen LogP contribution in [-0.2, 0) is 21.2 Å². The summed E-state index contributed by atoms with van der Waals surface area (Å²) in [5.74, 6) is 0.0624. The summed E-state index contributed by atoms with van der Waals surface area (Å²) in [4.78, 5) is 14.9. The number of likely N-dealkylation sites (tertiary alicyclic amines) is 1. The van der Waals surface area contributed by atoms with E-state index in [1.807, 2.05) is 12.1 Å². The van der Waals surface area contributed by atoms with Crippen LogP contribution in [0, 0.1) is 0 Å². The molecule has 28 heavy (non-hydrogen) atoms. The average molecular weight is 408 g/mol. The highest BCUT2D eigenvalue weighted by atomic mass is 32.2. The number of carbonyl (C=O) groups excluding carboxylic acids is 1. The highest BCUT2D eigenvalue weighted by molar-refractivity contribution is 7.89. The van der Waals surface area contributed by atoms with Gasteiger partial charge in [0.05, 0.1) is 4.90 Å². The fourth-order valence-corrected chi connectivity index (χ4v) is 5.48. The van der Waals surface area contributed by atoms with E-state index in [0.29, 0.717) is 30.8 Å². The minimum Gasteiger partial charge on any atom is -0.356 e. The van der Waals surface area contributed by atoms with Crippen molar-refractivity contribution in [2.24, 2.45) is 0 Å². The van der Waals surface area contributed by atoms with Gasteiger partial charge < -0.3 is 10.2 Å². The number of carbonyl (C=O) groups is 1. The molecule has 2 heterocycles. The lowest BCUT2D eigenvalue weighted by Gasteiger charge is -2.26. The lowest BCUT2D eigenvalue weighted by Crippen LogP contribution is -2.33. The molecule has 2 aliphatic heterocycles. The van der Waals surface area contributed by atoms with Gasteiger partial charge in [-0.15, -0.1) is 0 Å². The molecule has 1 N–H and O–H groups in total. The number of hydrogen-bond donors (Lipinski definition) is 1. The van der Waals surface area contributed by atoms with E-state index in [9.17, 15) is 13.2 Å². The first-order chi connectivity index (χ1) is 13.6. The Hall–Kier alpha value is -1.44. The maximum Gasteiger partial charge on any atom is 0.243 e. The molecule has 0 spiro atoms. The fraction of sp³-hybridized carbons (Fsp3) is 0.667.